The van der Waals surface area contributed by atoms with Crippen LogP contribution >= 0.6 is 0 Å². The molecule has 0 unspecified atom stereocenters. The van der Waals surface area contributed by atoms with Crippen LogP contribution in [0.25, 0.3) is 0 Å². The molecule has 0 aromatic rings. The maximum Gasteiger partial charge on any atom is 0.306 e. The van der Waals surface area contributed by atoms with Gasteiger partial charge in [-0.3, -0.25) is 14.4 Å². The summed E-state index contributed by atoms with van der Waals surface area (Å²) in [5.74, 6) is -0.999. The molecule has 0 aliphatic rings. The van der Waals surface area contributed by atoms with E-state index < -0.39 is 12.1 Å². The molecule has 396 valence electrons. The van der Waals surface area contributed by atoms with Gasteiger partial charge < -0.3 is 14.2 Å². The van der Waals surface area contributed by atoms with E-state index >= 15 is 0 Å². The van der Waals surface area contributed by atoms with E-state index in [4.69, 9.17) is 14.2 Å². The third-order valence-electron chi connectivity index (χ3n) is 12.4. The maximum absolute atomic E-state index is 12.8. The summed E-state index contributed by atoms with van der Waals surface area (Å²) >= 11 is 0. The van der Waals surface area contributed by atoms with Crippen LogP contribution in [-0.2, 0) is 28.6 Å². The van der Waals surface area contributed by atoms with Crippen LogP contribution < -0.4 is 0 Å². The number of rotatable bonds is 52. The fourth-order valence-electron chi connectivity index (χ4n) is 7.94. The van der Waals surface area contributed by atoms with Gasteiger partial charge in [-0.15, -0.1) is 0 Å². The molecule has 0 N–H and O–H groups in total. The highest BCUT2D eigenvalue weighted by Crippen LogP contribution is 2.14. The minimum Gasteiger partial charge on any atom is -0.462 e. The lowest BCUT2D eigenvalue weighted by molar-refractivity contribution is -0.166. The normalized spacial score (nSPS) is 12.7. The molecule has 0 rings (SSSR count). The molecule has 0 fully saturated rings. The van der Waals surface area contributed by atoms with Gasteiger partial charge >= 0.3 is 17.9 Å². The second-order valence-electron chi connectivity index (χ2n) is 19.2. The Morgan fingerprint density at radius 2 is 0.551 bits per heavy atom. The summed E-state index contributed by atoms with van der Waals surface area (Å²) in [6.07, 6.45) is 74.4. The molecule has 0 aromatic carbocycles. The number of allylic oxidation sites excluding steroid dienone is 14. The van der Waals surface area contributed by atoms with Crippen molar-refractivity contribution in [3.05, 3.63) is 85.1 Å². The van der Waals surface area contributed by atoms with E-state index in [2.05, 4.69) is 99.8 Å². The Morgan fingerprint density at radius 3 is 0.928 bits per heavy atom. The fourth-order valence-corrected chi connectivity index (χ4v) is 7.94. The Balaban J connectivity index is 4.48. The van der Waals surface area contributed by atoms with E-state index in [9.17, 15) is 14.4 Å². The summed E-state index contributed by atoms with van der Waals surface area (Å²) < 4.78 is 16.8. The molecule has 0 amide bonds. The number of unbranched alkanes of at least 4 members (excludes halogenated alkanes) is 27. The Labute approximate surface area is 426 Å². The van der Waals surface area contributed by atoms with E-state index in [0.717, 1.165) is 77.0 Å². The highest BCUT2D eigenvalue weighted by molar-refractivity contribution is 5.71. The SMILES string of the molecule is CCCCC/C=C\C/C=C\C/C=C\C/C=C\C/C=C\CCC(=O)O[C@@H](COC(=O)CCCCCCC/C=C\CCCCCC)COC(=O)CCCCCCCCCCC/C=C\CCCCCCCC. The van der Waals surface area contributed by atoms with Crippen LogP contribution in [0.15, 0.2) is 85.1 Å². The lowest BCUT2D eigenvalue weighted by atomic mass is 10.1. The quantitative estimate of drug-likeness (QED) is 0.0262. The number of carbonyl (C=O) groups is 3. The molecule has 0 aliphatic carbocycles. The average Bonchev–Trinajstić information content (AvgIpc) is 3.35. The average molecular weight is 962 g/mol. The van der Waals surface area contributed by atoms with Gasteiger partial charge in [0.15, 0.2) is 6.10 Å². The topological polar surface area (TPSA) is 78.9 Å². The van der Waals surface area contributed by atoms with E-state index in [1.807, 2.05) is 6.08 Å². The van der Waals surface area contributed by atoms with Crippen LogP contribution in [0, 0.1) is 0 Å². The Morgan fingerprint density at radius 1 is 0.290 bits per heavy atom. The summed E-state index contributed by atoms with van der Waals surface area (Å²) in [7, 11) is 0. The van der Waals surface area contributed by atoms with Crippen molar-refractivity contribution < 1.29 is 28.6 Å². The molecule has 6 nitrogen and oxygen atoms in total. The van der Waals surface area contributed by atoms with Crippen molar-refractivity contribution in [1.82, 2.24) is 0 Å². The summed E-state index contributed by atoms with van der Waals surface area (Å²) in [5.41, 5.74) is 0. The van der Waals surface area contributed by atoms with Crippen LogP contribution in [0.1, 0.15) is 278 Å². The molecular weight excluding hydrogens is 853 g/mol. The highest BCUT2D eigenvalue weighted by atomic mass is 16.6. The third-order valence-corrected chi connectivity index (χ3v) is 12.4. The van der Waals surface area contributed by atoms with Gasteiger partial charge in [0, 0.05) is 19.3 Å². The number of hydrogen-bond acceptors (Lipinski definition) is 6. The van der Waals surface area contributed by atoms with Crippen molar-refractivity contribution in [3.8, 4) is 0 Å². The van der Waals surface area contributed by atoms with Gasteiger partial charge in [-0.05, 0) is 109 Å². The Hall–Kier alpha value is -3.41. The lowest BCUT2D eigenvalue weighted by Crippen LogP contribution is -2.30. The predicted octanol–water partition coefficient (Wildman–Crippen LogP) is 19.5. The molecule has 0 heterocycles. The smallest absolute Gasteiger partial charge is 0.306 e. The van der Waals surface area contributed by atoms with Crippen LogP contribution in [-0.4, -0.2) is 37.2 Å². The van der Waals surface area contributed by atoms with Crippen LogP contribution in [0.4, 0.5) is 0 Å². The van der Waals surface area contributed by atoms with Gasteiger partial charge in [-0.25, -0.2) is 0 Å². The van der Waals surface area contributed by atoms with Gasteiger partial charge in [0.1, 0.15) is 13.2 Å². The van der Waals surface area contributed by atoms with E-state index in [1.54, 1.807) is 0 Å². The summed E-state index contributed by atoms with van der Waals surface area (Å²) in [4.78, 5) is 38.1. The summed E-state index contributed by atoms with van der Waals surface area (Å²) in [6, 6.07) is 0. The van der Waals surface area contributed by atoms with Gasteiger partial charge in [-0.2, -0.15) is 0 Å². The zero-order valence-corrected chi connectivity index (χ0v) is 45.3. The fraction of sp³-hybridized carbons (Fsp3) is 0.730. The molecule has 1 atom stereocenters. The van der Waals surface area contributed by atoms with Crippen molar-refractivity contribution in [2.24, 2.45) is 0 Å². The molecular formula is C63H108O6. The van der Waals surface area contributed by atoms with Crippen molar-refractivity contribution in [2.45, 2.75) is 284 Å². The molecule has 0 aliphatic heterocycles. The molecule has 0 saturated heterocycles. The minimum atomic E-state index is -0.821. The zero-order valence-electron chi connectivity index (χ0n) is 45.3. The first-order valence-corrected chi connectivity index (χ1v) is 29.1. The first-order valence-electron chi connectivity index (χ1n) is 29.1. The van der Waals surface area contributed by atoms with Gasteiger partial charge in [0.25, 0.3) is 0 Å². The largest absolute Gasteiger partial charge is 0.462 e. The lowest BCUT2D eigenvalue weighted by Gasteiger charge is -2.18. The second-order valence-corrected chi connectivity index (χ2v) is 19.2. The molecule has 6 heteroatoms. The van der Waals surface area contributed by atoms with E-state index in [0.29, 0.717) is 19.3 Å². The van der Waals surface area contributed by atoms with Crippen molar-refractivity contribution in [1.29, 1.82) is 0 Å². The third kappa shape index (κ3) is 55.4. The monoisotopic (exact) mass is 961 g/mol. The molecule has 0 saturated carbocycles. The second kappa shape index (κ2) is 57.2. The number of hydrogen-bond donors (Lipinski definition) is 0. The Kier molecular flexibility index (Phi) is 54.3. The summed E-state index contributed by atoms with van der Waals surface area (Å²) in [6.45, 7) is 6.54. The first kappa shape index (κ1) is 65.6. The van der Waals surface area contributed by atoms with Gasteiger partial charge in [0.05, 0.1) is 0 Å². The standard InChI is InChI=1S/C63H108O6/c1-4-7-10-13-16-19-22-25-27-29-31-33-35-38-41-44-47-50-53-56-62(65)68-59-60(58-67-61(64)55-52-49-46-43-40-37-24-21-18-15-12-9-6-3)69-63(66)57-54-51-48-45-42-39-36-34-32-30-28-26-23-20-17-14-11-8-5-2/h17,20-21,24-28,32,34,39,42,48,51,60H,4-16,18-19,22-23,29-31,33,35-38,40-41,43-47,49-50,52-59H2,1-3H3/b20-17-,24-21-,27-25-,28-26-,34-32-,42-39-,51-48-/t60-/m0/s1. The van der Waals surface area contributed by atoms with Gasteiger partial charge in [-0.1, -0.05) is 234 Å². The van der Waals surface area contributed by atoms with Crippen LogP contribution in [0.5, 0.6) is 0 Å². The van der Waals surface area contributed by atoms with Crippen LogP contribution in [0.2, 0.25) is 0 Å². The summed E-state index contributed by atoms with van der Waals surface area (Å²) in [5, 5.41) is 0. The number of ether oxygens (including phenoxy) is 3. The van der Waals surface area contributed by atoms with Crippen molar-refractivity contribution in [3.63, 3.8) is 0 Å². The highest BCUT2D eigenvalue weighted by Gasteiger charge is 2.19. The van der Waals surface area contributed by atoms with E-state index in [1.165, 1.54) is 154 Å². The molecule has 0 radical (unpaired) electrons. The maximum atomic E-state index is 12.8. The number of carbonyl (C=O) groups excluding carboxylic acids is 3. The molecule has 0 bridgehead atoms. The molecule has 0 aromatic heterocycles. The number of esters is 3. The minimum absolute atomic E-state index is 0.109. The van der Waals surface area contributed by atoms with Crippen molar-refractivity contribution in [2.75, 3.05) is 13.2 Å². The van der Waals surface area contributed by atoms with Crippen LogP contribution in [0.3, 0.4) is 0 Å². The molecule has 0 spiro atoms. The molecule has 69 heavy (non-hydrogen) atoms. The van der Waals surface area contributed by atoms with E-state index in [-0.39, 0.29) is 31.6 Å². The predicted molar refractivity (Wildman–Crippen MR) is 297 cm³/mol. The van der Waals surface area contributed by atoms with Gasteiger partial charge in [0.2, 0.25) is 0 Å². The van der Waals surface area contributed by atoms with Crippen molar-refractivity contribution >= 4 is 17.9 Å². The first-order chi connectivity index (χ1) is 34.0. The Bertz CT molecular complexity index is 1330. The zero-order chi connectivity index (χ0) is 50.0.